The molecule has 0 aliphatic carbocycles. The van der Waals surface area contributed by atoms with Gasteiger partial charge in [0.05, 0.1) is 22.9 Å². The van der Waals surface area contributed by atoms with Crippen LogP contribution in [-0.4, -0.2) is 28.7 Å². The van der Waals surface area contributed by atoms with Gasteiger partial charge in [0, 0.05) is 38.4 Å². The van der Waals surface area contributed by atoms with E-state index in [-0.39, 0.29) is 0 Å². The van der Waals surface area contributed by atoms with Crippen molar-refractivity contribution in [2.45, 2.75) is 13.8 Å². The van der Waals surface area contributed by atoms with Gasteiger partial charge in [-0.15, -0.1) is 0 Å². The Bertz CT molecular complexity index is 2580. The SMILES string of the molecule is Cc1ccc(-c2nc(-c3ccc(C)cc3)nc(-c3ccc(-c4ccc(-c5nc6ccccc6c6c5ccc5nsnc56)cc4)cc3)n2)cc1. The Hall–Kier alpha value is -6.18. The zero-order chi connectivity index (χ0) is 32.9. The lowest BCUT2D eigenvalue weighted by molar-refractivity contribution is 1.07. The van der Waals surface area contributed by atoms with E-state index in [1.165, 1.54) is 22.9 Å². The summed E-state index contributed by atoms with van der Waals surface area (Å²) in [5.74, 6) is 1.95. The molecule has 7 heteroatoms. The van der Waals surface area contributed by atoms with Crippen LogP contribution in [0.4, 0.5) is 0 Å². The summed E-state index contributed by atoms with van der Waals surface area (Å²) in [7, 11) is 0. The zero-order valence-corrected chi connectivity index (χ0v) is 27.6. The van der Waals surface area contributed by atoms with E-state index in [1.54, 1.807) is 0 Å². The molecule has 0 aliphatic rings. The third-order valence-electron chi connectivity index (χ3n) is 8.98. The van der Waals surface area contributed by atoms with Crippen LogP contribution in [0.2, 0.25) is 0 Å². The minimum atomic E-state index is 0.640. The second kappa shape index (κ2) is 11.8. The van der Waals surface area contributed by atoms with Gasteiger partial charge in [0.2, 0.25) is 0 Å². The Kier molecular flexibility index (Phi) is 6.99. The molecule has 9 aromatic rings. The molecule has 0 radical (unpaired) electrons. The fourth-order valence-corrected chi connectivity index (χ4v) is 6.85. The maximum atomic E-state index is 5.11. The lowest BCUT2D eigenvalue weighted by Gasteiger charge is -2.11. The molecule has 3 heterocycles. The predicted octanol–water partition coefficient (Wildman–Crippen LogP) is 10.5. The van der Waals surface area contributed by atoms with E-state index in [0.29, 0.717) is 17.5 Å². The highest BCUT2D eigenvalue weighted by molar-refractivity contribution is 7.00. The van der Waals surface area contributed by atoms with E-state index in [0.717, 1.165) is 71.8 Å². The van der Waals surface area contributed by atoms with Gasteiger partial charge in [0.25, 0.3) is 0 Å². The van der Waals surface area contributed by atoms with Crippen molar-refractivity contribution in [1.82, 2.24) is 28.7 Å². The lowest BCUT2D eigenvalue weighted by atomic mass is 9.97. The topological polar surface area (TPSA) is 77.3 Å². The Labute approximate surface area is 287 Å². The Morgan fingerprint density at radius 2 is 0.878 bits per heavy atom. The molecule has 232 valence electrons. The summed E-state index contributed by atoms with van der Waals surface area (Å²) in [5.41, 5.74) is 12.2. The first-order valence-electron chi connectivity index (χ1n) is 16.1. The van der Waals surface area contributed by atoms with E-state index in [1.807, 2.05) is 12.1 Å². The van der Waals surface area contributed by atoms with Gasteiger partial charge in [-0.05, 0) is 43.2 Å². The maximum Gasteiger partial charge on any atom is 0.164 e. The molecule has 0 N–H and O–H groups in total. The summed E-state index contributed by atoms with van der Waals surface area (Å²) >= 11 is 1.25. The molecule has 6 nitrogen and oxygen atoms in total. The van der Waals surface area contributed by atoms with Crippen LogP contribution < -0.4 is 0 Å². The molecule has 0 aliphatic heterocycles. The van der Waals surface area contributed by atoms with Crippen molar-refractivity contribution in [3.63, 3.8) is 0 Å². The quantitative estimate of drug-likeness (QED) is 0.173. The molecule has 0 atom stereocenters. The first-order chi connectivity index (χ1) is 24.1. The average Bonchev–Trinajstić information content (AvgIpc) is 3.64. The van der Waals surface area contributed by atoms with Crippen molar-refractivity contribution in [1.29, 1.82) is 0 Å². The monoisotopic (exact) mass is 648 g/mol. The maximum absolute atomic E-state index is 5.11. The third-order valence-corrected chi connectivity index (χ3v) is 9.52. The molecule has 0 spiro atoms. The number of para-hydroxylation sites is 1. The number of rotatable bonds is 5. The van der Waals surface area contributed by atoms with E-state index >= 15 is 0 Å². The normalized spacial score (nSPS) is 11.5. The highest BCUT2D eigenvalue weighted by Gasteiger charge is 2.16. The predicted molar refractivity (Wildman–Crippen MR) is 200 cm³/mol. The van der Waals surface area contributed by atoms with Crippen LogP contribution in [0.1, 0.15) is 11.1 Å². The third kappa shape index (κ3) is 5.30. The molecule has 6 aromatic carbocycles. The summed E-state index contributed by atoms with van der Waals surface area (Å²) in [6, 6.07) is 46.0. The van der Waals surface area contributed by atoms with Gasteiger partial charge in [-0.25, -0.2) is 19.9 Å². The molecule has 3 aromatic heterocycles. The van der Waals surface area contributed by atoms with Gasteiger partial charge >= 0.3 is 0 Å². The number of pyridine rings is 1. The molecule has 0 bridgehead atoms. The van der Waals surface area contributed by atoms with Crippen molar-refractivity contribution < 1.29 is 0 Å². The van der Waals surface area contributed by atoms with Crippen molar-refractivity contribution in [3.8, 4) is 56.5 Å². The van der Waals surface area contributed by atoms with Crippen molar-refractivity contribution in [3.05, 3.63) is 145 Å². The van der Waals surface area contributed by atoms with Crippen LogP contribution in [0.3, 0.4) is 0 Å². The van der Waals surface area contributed by atoms with Gasteiger partial charge < -0.3 is 0 Å². The average molecular weight is 649 g/mol. The van der Waals surface area contributed by atoms with Crippen LogP contribution in [0, 0.1) is 13.8 Å². The molecular weight excluding hydrogens is 621 g/mol. The first kappa shape index (κ1) is 29.0. The van der Waals surface area contributed by atoms with Crippen molar-refractivity contribution >= 4 is 44.4 Å². The van der Waals surface area contributed by atoms with Crippen LogP contribution in [0.5, 0.6) is 0 Å². The van der Waals surface area contributed by atoms with Gasteiger partial charge in [0.15, 0.2) is 17.5 Å². The van der Waals surface area contributed by atoms with Crippen molar-refractivity contribution in [2.24, 2.45) is 0 Å². The highest BCUT2D eigenvalue weighted by Crippen LogP contribution is 2.37. The number of aryl methyl sites for hydroxylation is 2. The van der Waals surface area contributed by atoms with Crippen LogP contribution in [0.25, 0.3) is 89.3 Å². The molecule has 0 saturated heterocycles. The minimum absolute atomic E-state index is 0.640. The number of fused-ring (bicyclic) bond motifs is 5. The first-order valence-corrected chi connectivity index (χ1v) is 16.9. The second-order valence-corrected chi connectivity index (χ2v) is 12.8. The fraction of sp³-hybridized carbons (Fsp3) is 0.0476. The largest absolute Gasteiger partial charge is 0.247 e. The van der Waals surface area contributed by atoms with Gasteiger partial charge in [-0.2, -0.15) is 8.75 Å². The second-order valence-electron chi connectivity index (χ2n) is 12.3. The molecule has 0 saturated carbocycles. The molecule has 0 fully saturated rings. The van der Waals surface area contributed by atoms with Gasteiger partial charge in [-0.1, -0.05) is 126 Å². The molecule has 0 unspecified atom stereocenters. The summed E-state index contributed by atoms with van der Waals surface area (Å²) in [6.45, 7) is 4.16. The van der Waals surface area contributed by atoms with Crippen LogP contribution in [-0.2, 0) is 0 Å². The van der Waals surface area contributed by atoms with Gasteiger partial charge in [0.1, 0.15) is 11.0 Å². The molecular formula is C42H28N6S. The van der Waals surface area contributed by atoms with E-state index in [9.17, 15) is 0 Å². The van der Waals surface area contributed by atoms with E-state index < -0.39 is 0 Å². The highest BCUT2D eigenvalue weighted by atomic mass is 32.1. The lowest BCUT2D eigenvalue weighted by Crippen LogP contribution is -2.00. The summed E-state index contributed by atoms with van der Waals surface area (Å²) in [6.07, 6.45) is 0. The van der Waals surface area contributed by atoms with Gasteiger partial charge in [-0.3, -0.25) is 0 Å². The summed E-state index contributed by atoms with van der Waals surface area (Å²) in [5, 5.41) is 3.26. The number of benzene rings is 6. The molecule has 0 amide bonds. The van der Waals surface area contributed by atoms with Crippen molar-refractivity contribution in [2.75, 3.05) is 0 Å². The Morgan fingerprint density at radius 1 is 0.388 bits per heavy atom. The zero-order valence-electron chi connectivity index (χ0n) is 26.8. The smallest absolute Gasteiger partial charge is 0.164 e. The van der Waals surface area contributed by atoms with E-state index in [4.69, 9.17) is 19.9 Å². The summed E-state index contributed by atoms with van der Waals surface area (Å²) < 4.78 is 9.14. The number of nitrogens with zero attached hydrogens (tertiary/aromatic N) is 6. The number of aromatic nitrogens is 6. The van der Waals surface area contributed by atoms with Crippen LogP contribution >= 0.6 is 11.7 Å². The summed E-state index contributed by atoms with van der Waals surface area (Å²) in [4.78, 5) is 19.8. The van der Waals surface area contributed by atoms with E-state index in [2.05, 4.69) is 144 Å². The van der Waals surface area contributed by atoms with Crippen LogP contribution in [0.15, 0.2) is 133 Å². The molecule has 9 rings (SSSR count). The fourth-order valence-electron chi connectivity index (χ4n) is 6.31. The standard InChI is InChI=1S/C42H28N6S/c1-25-7-11-30(12-8-25)40-44-41(31-13-9-26(2)10-14-31)46-42(45-40)32-21-17-28(18-22-32)27-15-19-29(20-16-27)38-34-23-24-36-39(48-49-47-36)37(34)33-5-3-4-6-35(33)43-38/h3-24H,1-2H3. The number of hydrogen-bond acceptors (Lipinski definition) is 7. The number of hydrogen-bond donors (Lipinski definition) is 0. The Morgan fingerprint density at radius 3 is 1.45 bits per heavy atom. The minimum Gasteiger partial charge on any atom is -0.247 e. The molecule has 49 heavy (non-hydrogen) atoms. The Balaban J connectivity index is 1.07.